The molecule has 3 heteroatoms. The molecular weight excluding hydrogens is 310 g/mol. The number of anilines is 1. The molecule has 1 aliphatic carbocycles. The number of nitrogens with two attached hydrogens (primary N) is 1. The number of carbonyl (C=O) groups excluding carboxylic acids is 1. The summed E-state index contributed by atoms with van der Waals surface area (Å²) in [5.74, 6) is -0.321. The van der Waals surface area contributed by atoms with Crippen molar-refractivity contribution in [1.29, 1.82) is 0 Å². The summed E-state index contributed by atoms with van der Waals surface area (Å²) in [6.07, 6.45) is 1.87. The molecule has 0 saturated carbocycles. The van der Waals surface area contributed by atoms with Crippen molar-refractivity contribution in [2.45, 2.75) is 32.8 Å². The highest BCUT2D eigenvalue weighted by Gasteiger charge is 2.20. The average molecular weight is 331 g/mol. The molecule has 3 aromatic carbocycles. The van der Waals surface area contributed by atoms with Crippen LogP contribution in [0.1, 0.15) is 45.6 Å². The normalized spacial score (nSPS) is 13.8. The predicted molar refractivity (Wildman–Crippen MR) is 101 cm³/mol. The first-order chi connectivity index (χ1) is 12.0. The van der Waals surface area contributed by atoms with Crippen molar-refractivity contribution < 1.29 is 9.53 Å². The van der Waals surface area contributed by atoms with E-state index in [1.807, 2.05) is 13.8 Å². The van der Waals surface area contributed by atoms with Gasteiger partial charge in [-0.05, 0) is 72.4 Å². The highest BCUT2D eigenvalue weighted by Crippen LogP contribution is 2.36. The molecule has 0 aliphatic heterocycles. The summed E-state index contributed by atoms with van der Waals surface area (Å²) in [5, 5.41) is 2.53. The van der Waals surface area contributed by atoms with Gasteiger partial charge < -0.3 is 10.5 Å². The summed E-state index contributed by atoms with van der Waals surface area (Å²) in [5.41, 5.74) is 11.8. The first-order valence-electron chi connectivity index (χ1n) is 8.65. The Kier molecular flexibility index (Phi) is 3.72. The molecule has 0 fully saturated rings. The molecule has 0 saturated heterocycles. The van der Waals surface area contributed by atoms with Gasteiger partial charge in [0.05, 0.1) is 5.56 Å². The second-order valence-electron chi connectivity index (χ2n) is 6.77. The van der Waals surface area contributed by atoms with Gasteiger partial charge >= 0.3 is 5.97 Å². The van der Waals surface area contributed by atoms with Gasteiger partial charge in [-0.2, -0.15) is 0 Å². The first-order valence-corrected chi connectivity index (χ1v) is 8.65. The van der Waals surface area contributed by atoms with E-state index in [0.717, 1.165) is 24.0 Å². The van der Waals surface area contributed by atoms with E-state index in [0.29, 0.717) is 11.3 Å². The topological polar surface area (TPSA) is 52.3 Å². The largest absolute Gasteiger partial charge is 0.454 e. The molecular formula is C22H21NO2. The fourth-order valence-electron chi connectivity index (χ4n) is 3.72. The Morgan fingerprint density at radius 1 is 1.08 bits per heavy atom. The third-order valence-corrected chi connectivity index (χ3v) is 5.14. The maximum absolute atomic E-state index is 12.5. The van der Waals surface area contributed by atoms with Crippen molar-refractivity contribution in [3.8, 4) is 0 Å². The van der Waals surface area contributed by atoms with Crippen LogP contribution in [0.25, 0.3) is 10.8 Å². The monoisotopic (exact) mass is 331 g/mol. The number of hydrogen-bond donors (Lipinski definition) is 1. The Labute approximate surface area is 147 Å². The number of nitrogen functional groups attached to an aromatic ring is 1. The predicted octanol–water partition coefficient (Wildman–Crippen LogP) is 4.75. The van der Waals surface area contributed by atoms with Crippen LogP contribution >= 0.6 is 0 Å². The van der Waals surface area contributed by atoms with E-state index in [1.165, 1.54) is 21.9 Å². The molecule has 25 heavy (non-hydrogen) atoms. The van der Waals surface area contributed by atoms with Gasteiger partial charge in [0.2, 0.25) is 0 Å². The Bertz CT molecular complexity index is 980. The molecule has 1 unspecified atom stereocenters. The van der Waals surface area contributed by atoms with Crippen molar-refractivity contribution in [2.24, 2.45) is 0 Å². The number of benzene rings is 3. The molecule has 1 aliphatic rings. The van der Waals surface area contributed by atoms with Crippen molar-refractivity contribution >= 4 is 22.4 Å². The van der Waals surface area contributed by atoms with Crippen molar-refractivity contribution in [3.05, 3.63) is 76.3 Å². The van der Waals surface area contributed by atoms with Crippen LogP contribution in [0.4, 0.5) is 5.69 Å². The lowest BCUT2D eigenvalue weighted by Crippen LogP contribution is -2.10. The second-order valence-corrected chi connectivity index (χ2v) is 6.77. The molecule has 0 radical (unpaired) electrons. The zero-order valence-corrected chi connectivity index (χ0v) is 14.5. The standard InChI is InChI=1S/C22H21NO2/c1-13-12-17(9-11-20(13)23)22(24)25-14(2)18-10-8-16-7-6-15-4-3-5-19(18)21(15)16/h3-5,8-12,14H,6-7,23H2,1-2H3. The molecule has 3 aromatic rings. The van der Waals surface area contributed by atoms with E-state index < -0.39 is 0 Å². The Morgan fingerprint density at radius 3 is 2.60 bits per heavy atom. The minimum Gasteiger partial charge on any atom is -0.454 e. The summed E-state index contributed by atoms with van der Waals surface area (Å²) in [6.45, 7) is 3.82. The van der Waals surface area contributed by atoms with E-state index in [1.54, 1.807) is 18.2 Å². The zero-order chi connectivity index (χ0) is 17.6. The van der Waals surface area contributed by atoms with Crippen molar-refractivity contribution in [2.75, 3.05) is 5.73 Å². The smallest absolute Gasteiger partial charge is 0.338 e. The fraction of sp³-hybridized carbons (Fsp3) is 0.227. The SMILES string of the molecule is Cc1cc(C(=O)OC(C)c2ccc3c4c(cccc24)CC3)ccc1N. The number of hydrogen-bond acceptors (Lipinski definition) is 3. The van der Waals surface area contributed by atoms with E-state index in [9.17, 15) is 4.79 Å². The minimum atomic E-state index is -0.321. The molecule has 0 amide bonds. The van der Waals surface area contributed by atoms with Gasteiger partial charge in [0, 0.05) is 11.3 Å². The molecule has 126 valence electrons. The lowest BCUT2D eigenvalue weighted by atomic mass is 9.97. The quantitative estimate of drug-likeness (QED) is 0.557. The lowest BCUT2D eigenvalue weighted by Gasteiger charge is -2.17. The molecule has 0 bridgehead atoms. The number of esters is 1. The Hall–Kier alpha value is -2.81. The van der Waals surface area contributed by atoms with Gasteiger partial charge in [-0.15, -0.1) is 0 Å². The highest BCUT2D eigenvalue weighted by atomic mass is 16.5. The van der Waals surface area contributed by atoms with Crippen molar-refractivity contribution in [3.63, 3.8) is 0 Å². The molecule has 4 rings (SSSR count). The number of aryl methyl sites for hydroxylation is 3. The maximum atomic E-state index is 12.5. The van der Waals surface area contributed by atoms with Crippen LogP contribution < -0.4 is 5.73 Å². The van der Waals surface area contributed by atoms with Crippen LogP contribution in [-0.4, -0.2) is 5.97 Å². The van der Waals surface area contributed by atoms with Gasteiger partial charge in [0.25, 0.3) is 0 Å². The summed E-state index contributed by atoms with van der Waals surface area (Å²) < 4.78 is 5.75. The van der Waals surface area contributed by atoms with Crippen LogP contribution in [0.15, 0.2) is 48.5 Å². The summed E-state index contributed by atoms with van der Waals surface area (Å²) in [4.78, 5) is 12.5. The average Bonchev–Trinajstić information content (AvgIpc) is 3.02. The molecule has 1 atom stereocenters. The number of rotatable bonds is 3. The number of ether oxygens (including phenoxy) is 1. The molecule has 0 spiro atoms. The highest BCUT2D eigenvalue weighted by molar-refractivity contribution is 5.94. The van der Waals surface area contributed by atoms with Crippen LogP contribution in [0.5, 0.6) is 0 Å². The third kappa shape index (κ3) is 2.66. The van der Waals surface area contributed by atoms with Crippen LogP contribution in [0.3, 0.4) is 0 Å². The minimum absolute atomic E-state index is 0.310. The Balaban J connectivity index is 1.66. The fourth-order valence-corrected chi connectivity index (χ4v) is 3.72. The van der Waals surface area contributed by atoms with Gasteiger partial charge in [0.1, 0.15) is 6.10 Å². The zero-order valence-electron chi connectivity index (χ0n) is 14.5. The van der Waals surface area contributed by atoms with E-state index in [2.05, 4.69) is 30.3 Å². The van der Waals surface area contributed by atoms with E-state index in [-0.39, 0.29) is 12.1 Å². The number of carbonyl (C=O) groups is 1. The molecule has 0 heterocycles. The van der Waals surface area contributed by atoms with Crippen molar-refractivity contribution in [1.82, 2.24) is 0 Å². The van der Waals surface area contributed by atoms with Crippen LogP contribution in [0.2, 0.25) is 0 Å². The Morgan fingerprint density at radius 2 is 1.84 bits per heavy atom. The summed E-state index contributed by atoms with van der Waals surface area (Å²) >= 11 is 0. The lowest BCUT2D eigenvalue weighted by molar-refractivity contribution is 0.0340. The van der Waals surface area contributed by atoms with Crippen LogP contribution in [-0.2, 0) is 17.6 Å². The first kappa shape index (κ1) is 15.7. The molecule has 3 nitrogen and oxygen atoms in total. The summed E-state index contributed by atoms with van der Waals surface area (Å²) in [6, 6.07) is 15.9. The van der Waals surface area contributed by atoms with Gasteiger partial charge in [-0.1, -0.05) is 30.3 Å². The summed E-state index contributed by atoms with van der Waals surface area (Å²) in [7, 11) is 0. The second kappa shape index (κ2) is 5.92. The van der Waals surface area contributed by atoms with Gasteiger partial charge in [0.15, 0.2) is 0 Å². The maximum Gasteiger partial charge on any atom is 0.338 e. The van der Waals surface area contributed by atoms with E-state index in [4.69, 9.17) is 10.5 Å². The molecule has 0 aromatic heterocycles. The van der Waals surface area contributed by atoms with Gasteiger partial charge in [-0.3, -0.25) is 0 Å². The third-order valence-electron chi connectivity index (χ3n) is 5.14. The molecule has 2 N–H and O–H groups in total. The van der Waals surface area contributed by atoms with Crippen LogP contribution in [0, 0.1) is 6.92 Å². The van der Waals surface area contributed by atoms with E-state index >= 15 is 0 Å². The van der Waals surface area contributed by atoms with Gasteiger partial charge in [-0.25, -0.2) is 4.79 Å².